The number of urea groups is 1. The zero-order valence-electron chi connectivity index (χ0n) is 21.0. The molecule has 2 unspecified atom stereocenters. The maximum absolute atomic E-state index is 12.9. The number of likely N-dealkylation sites (N-methyl/N-ethyl adjacent to an activating group) is 1. The average molecular weight is 491 g/mol. The van der Waals surface area contributed by atoms with E-state index in [0.717, 1.165) is 57.2 Å². The molecule has 0 spiro atoms. The van der Waals surface area contributed by atoms with Gasteiger partial charge in [0.05, 0.1) is 13.7 Å². The summed E-state index contributed by atoms with van der Waals surface area (Å²) in [7, 11) is 3.39. The van der Waals surface area contributed by atoms with Crippen molar-refractivity contribution in [2.75, 3.05) is 58.3 Å². The van der Waals surface area contributed by atoms with Gasteiger partial charge in [0.1, 0.15) is 11.6 Å². The summed E-state index contributed by atoms with van der Waals surface area (Å²) in [5.41, 5.74) is 2.47. The molecule has 1 N–H and O–H groups in total. The number of hydrogen-bond acceptors (Lipinski definition) is 7. The minimum absolute atomic E-state index is 0.258. The number of amidine groups is 1. The number of methoxy groups -OCH3 is 1. The second kappa shape index (κ2) is 10.6. The summed E-state index contributed by atoms with van der Waals surface area (Å²) in [5, 5.41) is 2.50. The third-order valence-corrected chi connectivity index (χ3v) is 7.33. The van der Waals surface area contributed by atoms with Crippen molar-refractivity contribution < 1.29 is 14.3 Å². The molecule has 5 rings (SSSR count). The molecule has 2 atom stereocenters. The van der Waals surface area contributed by atoms with Gasteiger partial charge in [-0.05, 0) is 42.7 Å². The van der Waals surface area contributed by atoms with Gasteiger partial charge in [-0.3, -0.25) is 15.0 Å². The van der Waals surface area contributed by atoms with Gasteiger partial charge in [0.2, 0.25) is 0 Å². The number of anilines is 1. The van der Waals surface area contributed by atoms with Gasteiger partial charge in [0.25, 0.3) is 5.91 Å². The van der Waals surface area contributed by atoms with Crippen LogP contribution in [0.25, 0.3) is 0 Å². The molecule has 2 aromatic carbocycles. The maximum atomic E-state index is 12.9. The Morgan fingerprint density at radius 2 is 1.72 bits per heavy atom. The summed E-state index contributed by atoms with van der Waals surface area (Å²) < 4.78 is 5.28. The second-order valence-corrected chi connectivity index (χ2v) is 9.55. The van der Waals surface area contributed by atoms with E-state index in [2.05, 4.69) is 56.4 Å². The van der Waals surface area contributed by atoms with E-state index in [4.69, 9.17) is 9.73 Å². The molecule has 0 saturated carbocycles. The molecule has 3 aliphatic heterocycles. The molecule has 36 heavy (non-hydrogen) atoms. The Morgan fingerprint density at radius 3 is 2.42 bits per heavy atom. The third-order valence-electron chi connectivity index (χ3n) is 7.33. The first-order valence-corrected chi connectivity index (χ1v) is 12.6. The summed E-state index contributed by atoms with van der Waals surface area (Å²) in [5.74, 6) is 1.50. The first kappa shape index (κ1) is 24.1. The standard InChI is InChI=1S/C27H34N6O3/c1-30-25-24(26(34)29-27(30)35)33(14-6-9-20-7-4-3-5-8-20)23(28-25)19-31-15-17-32(18-16-31)21-10-12-22(36-2)13-11-21/h3-5,7-8,10-13,24-25H,6,9,14-19H2,1-2H3,(H,29,34,35). The number of ether oxygens (including phenoxy) is 1. The zero-order chi connectivity index (χ0) is 25.1. The number of nitrogens with zero attached hydrogens (tertiary/aromatic N) is 5. The van der Waals surface area contributed by atoms with Crippen LogP contribution in [-0.2, 0) is 11.2 Å². The smallest absolute Gasteiger partial charge is 0.325 e. The quantitative estimate of drug-likeness (QED) is 0.610. The lowest BCUT2D eigenvalue weighted by molar-refractivity contribution is -0.127. The molecule has 3 amide bonds. The van der Waals surface area contributed by atoms with Crippen LogP contribution in [0, 0.1) is 0 Å². The highest BCUT2D eigenvalue weighted by Crippen LogP contribution is 2.26. The van der Waals surface area contributed by atoms with Gasteiger partial charge in [0, 0.05) is 45.5 Å². The first-order chi connectivity index (χ1) is 17.5. The topological polar surface area (TPSA) is 80.7 Å². The van der Waals surface area contributed by atoms with Crippen molar-refractivity contribution in [2.45, 2.75) is 25.0 Å². The fourth-order valence-corrected chi connectivity index (χ4v) is 5.24. The number of nitrogens with one attached hydrogen (secondary N) is 1. The fourth-order valence-electron chi connectivity index (χ4n) is 5.24. The minimum Gasteiger partial charge on any atom is -0.497 e. The minimum atomic E-state index is -0.474. The van der Waals surface area contributed by atoms with E-state index in [1.165, 1.54) is 11.3 Å². The molecule has 9 nitrogen and oxygen atoms in total. The van der Waals surface area contributed by atoms with E-state index in [-0.39, 0.29) is 11.9 Å². The lowest BCUT2D eigenvalue weighted by Gasteiger charge is -2.38. The number of hydrogen-bond donors (Lipinski definition) is 1. The molecule has 3 heterocycles. The van der Waals surface area contributed by atoms with Crippen molar-refractivity contribution in [1.82, 2.24) is 20.0 Å². The molecule has 2 saturated heterocycles. The summed E-state index contributed by atoms with van der Waals surface area (Å²) in [6.07, 6.45) is 1.36. The average Bonchev–Trinajstić information content (AvgIpc) is 3.27. The number of piperazine rings is 1. The van der Waals surface area contributed by atoms with Crippen LogP contribution < -0.4 is 15.0 Å². The lowest BCUT2D eigenvalue weighted by atomic mass is 10.1. The normalized spacial score (nSPS) is 22.4. The Labute approximate surface area is 212 Å². The molecular formula is C27H34N6O3. The SMILES string of the molecule is COc1ccc(N2CCN(CC3=NC4C(C(=O)NC(=O)N4C)N3CCCc3ccccc3)CC2)cc1. The Hall–Kier alpha value is -3.59. The van der Waals surface area contributed by atoms with Gasteiger partial charge < -0.3 is 19.4 Å². The maximum Gasteiger partial charge on any atom is 0.325 e. The van der Waals surface area contributed by atoms with Crippen LogP contribution in [0.3, 0.4) is 0 Å². The Balaban J connectivity index is 1.24. The van der Waals surface area contributed by atoms with Gasteiger partial charge in [-0.25, -0.2) is 9.79 Å². The summed E-state index contributed by atoms with van der Waals surface area (Å²) in [6, 6.07) is 17.7. The van der Waals surface area contributed by atoms with Crippen molar-refractivity contribution in [3.05, 3.63) is 60.2 Å². The highest BCUT2D eigenvalue weighted by atomic mass is 16.5. The molecule has 2 fully saturated rings. The molecule has 190 valence electrons. The van der Waals surface area contributed by atoms with Crippen molar-refractivity contribution in [1.29, 1.82) is 0 Å². The van der Waals surface area contributed by atoms with Crippen LogP contribution in [0.1, 0.15) is 12.0 Å². The number of benzene rings is 2. The van der Waals surface area contributed by atoms with Crippen molar-refractivity contribution >= 4 is 23.5 Å². The number of amides is 3. The van der Waals surface area contributed by atoms with E-state index < -0.39 is 12.2 Å². The molecule has 0 radical (unpaired) electrons. The van der Waals surface area contributed by atoms with Crippen molar-refractivity contribution in [3.63, 3.8) is 0 Å². The number of fused-ring (bicyclic) bond motifs is 1. The Morgan fingerprint density at radius 1 is 1.00 bits per heavy atom. The number of rotatable bonds is 8. The van der Waals surface area contributed by atoms with Gasteiger partial charge in [-0.2, -0.15) is 0 Å². The van der Waals surface area contributed by atoms with Crippen molar-refractivity contribution in [2.24, 2.45) is 4.99 Å². The van der Waals surface area contributed by atoms with Crippen LogP contribution in [0.15, 0.2) is 59.6 Å². The molecular weight excluding hydrogens is 456 g/mol. The number of imide groups is 1. The summed E-state index contributed by atoms with van der Waals surface area (Å²) in [4.78, 5) is 38.4. The molecule has 2 aromatic rings. The van der Waals surface area contributed by atoms with Crippen LogP contribution in [0.2, 0.25) is 0 Å². The summed E-state index contributed by atoms with van der Waals surface area (Å²) >= 11 is 0. The molecule has 0 bridgehead atoms. The highest BCUT2D eigenvalue weighted by Gasteiger charge is 2.48. The third kappa shape index (κ3) is 5.02. The van der Waals surface area contributed by atoms with Crippen LogP contribution in [0.4, 0.5) is 10.5 Å². The van der Waals surface area contributed by atoms with Gasteiger partial charge >= 0.3 is 6.03 Å². The fraction of sp³-hybridized carbons (Fsp3) is 0.444. The van der Waals surface area contributed by atoms with E-state index >= 15 is 0 Å². The van der Waals surface area contributed by atoms with Gasteiger partial charge in [-0.1, -0.05) is 30.3 Å². The lowest BCUT2D eigenvalue weighted by Crippen LogP contribution is -2.64. The van der Waals surface area contributed by atoms with Gasteiger partial charge in [0.15, 0.2) is 12.2 Å². The predicted octanol–water partition coefficient (Wildman–Crippen LogP) is 2.04. The second-order valence-electron chi connectivity index (χ2n) is 9.55. The monoisotopic (exact) mass is 490 g/mol. The van der Waals surface area contributed by atoms with Crippen LogP contribution in [-0.4, -0.2) is 98.1 Å². The van der Waals surface area contributed by atoms with Crippen molar-refractivity contribution in [3.8, 4) is 5.75 Å². The van der Waals surface area contributed by atoms with E-state index in [0.29, 0.717) is 6.54 Å². The predicted molar refractivity (Wildman–Crippen MR) is 139 cm³/mol. The van der Waals surface area contributed by atoms with E-state index in [1.54, 1.807) is 19.1 Å². The number of aryl methyl sites for hydroxylation is 1. The van der Waals surface area contributed by atoms with E-state index in [1.807, 2.05) is 18.2 Å². The summed E-state index contributed by atoms with van der Waals surface area (Å²) in [6.45, 7) is 5.03. The molecule has 0 aromatic heterocycles. The molecule has 9 heteroatoms. The Bertz CT molecular complexity index is 1100. The Kier molecular flexibility index (Phi) is 7.09. The largest absolute Gasteiger partial charge is 0.497 e. The van der Waals surface area contributed by atoms with Crippen LogP contribution in [0.5, 0.6) is 5.75 Å². The molecule has 3 aliphatic rings. The molecule has 0 aliphatic carbocycles. The highest BCUT2D eigenvalue weighted by molar-refractivity contribution is 6.04. The van der Waals surface area contributed by atoms with Crippen LogP contribution >= 0.6 is 0 Å². The van der Waals surface area contributed by atoms with E-state index in [9.17, 15) is 9.59 Å². The number of carbonyl (C=O) groups excluding carboxylic acids is 2. The zero-order valence-corrected chi connectivity index (χ0v) is 21.0. The van der Waals surface area contributed by atoms with Gasteiger partial charge in [-0.15, -0.1) is 0 Å². The first-order valence-electron chi connectivity index (χ1n) is 12.6. The number of aliphatic imine (C=N–C) groups is 1. The number of carbonyl (C=O) groups is 2.